The van der Waals surface area contributed by atoms with Crippen molar-refractivity contribution in [1.82, 2.24) is 0 Å². The molecule has 5 heteroatoms. The second-order valence-corrected chi connectivity index (χ2v) is 4.91. The first-order chi connectivity index (χ1) is 10.4. The number of hydrogen-bond acceptors (Lipinski definition) is 5. The molecule has 1 aromatic carbocycles. The Hall–Kier alpha value is -2.69. The highest BCUT2D eigenvalue weighted by Crippen LogP contribution is 2.17. The molecule has 0 aliphatic rings. The van der Waals surface area contributed by atoms with Crippen LogP contribution in [0.25, 0.3) is 0 Å². The first-order valence-corrected chi connectivity index (χ1v) is 6.74. The zero-order valence-corrected chi connectivity index (χ0v) is 12.6. The molecule has 0 saturated heterocycles. The normalized spacial score (nSPS) is 10.3. The third-order valence-electron chi connectivity index (χ3n) is 3.31. The number of esters is 1. The van der Waals surface area contributed by atoms with Gasteiger partial charge in [-0.25, -0.2) is 4.79 Å². The molecule has 5 nitrogen and oxygen atoms in total. The lowest BCUT2D eigenvalue weighted by atomic mass is 10.0. The maximum Gasteiger partial charge on any atom is 0.337 e. The van der Waals surface area contributed by atoms with Crippen molar-refractivity contribution >= 4 is 17.5 Å². The van der Waals surface area contributed by atoms with Crippen molar-refractivity contribution in [2.45, 2.75) is 20.3 Å². The highest BCUT2D eigenvalue weighted by atomic mass is 16.5. The predicted octanol–water partition coefficient (Wildman–Crippen LogP) is 3.00. The van der Waals surface area contributed by atoms with Crippen LogP contribution in [0, 0.1) is 6.92 Å². The molecule has 114 valence electrons. The Morgan fingerprint density at radius 1 is 1.09 bits per heavy atom. The third kappa shape index (κ3) is 3.31. The molecule has 0 aliphatic heterocycles. The van der Waals surface area contributed by atoms with E-state index in [4.69, 9.17) is 4.42 Å². The van der Waals surface area contributed by atoms with Crippen LogP contribution in [-0.2, 0) is 11.2 Å². The number of furan rings is 1. The maximum atomic E-state index is 12.2. The van der Waals surface area contributed by atoms with Crippen molar-refractivity contribution in [2.75, 3.05) is 7.11 Å². The van der Waals surface area contributed by atoms with E-state index >= 15 is 0 Å². The van der Waals surface area contributed by atoms with Crippen LogP contribution in [0.1, 0.15) is 49.5 Å². The number of hydrogen-bond donors (Lipinski definition) is 0. The van der Waals surface area contributed by atoms with Crippen molar-refractivity contribution in [3.05, 3.63) is 58.5 Å². The molecule has 0 radical (unpaired) electrons. The summed E-state index contributed by atoms with van der Waals surface area (Å²) in [5.41, 5.74) is 1.33. The van der Waals surface area contributed by atoms with Gasteiger partial charge in [0.05, 0.1) is 24.7 Å². The Bertz CT molecular complexity index is 722. The number of Topliss-reactive ketones (excluding diaryl/α,β-unsaturated/α-hetero) is 2. The first kappa shape index (κ1) is 15.7. The van der Waals surface area contributed by atoms with E-state index in [0.717, 1.165) is 0 Å². The summed E-state index contributed by atoms with van der Waals surface area (Å²) in [7, 11) is 1.30. The summed E-state index contributed by atoms with van der Waals surface area (Å²) in [5.74, 6) is 0.260. The van der Waals surface area contributed by atoms with Gasteiger partial charge in [-0.1, -0.05) is 12.1 Å². The maximum absolute atomic E-state index is 12.2. The number of aryl methyl sites for hydroxylation is 1. The zero-order chi connectivity index (χ0) is 16.3. The van der Waals surface area contributed by atoms with E-state index in [2.05, 4.69) is 4.74 Å². The highest BCUT2D eigenvalue weighted by Gasteiger charge is 2.15. The van der Waals surface area contributed by atoms with Gasteiger partial charge in [0, 0.05) is 5.56 Å². The minimum absolute atomic E-state index is 0.0612. The van der Waals surface area contributed by atoms with Crippen molar-refractivity contribution in [2.24, 2.45) is 0 Å². The summed E-state index contributed by atoms with van der Waals surface area (Å²) in [4.78, 5) is 34.9. The molecule has 0 atom stereocenters. The summed E-state index contributed by atoms with van der Waals surface area (Å²) < 4.78 is 10.0. The summed E-state index contributed by atoms with van der Waals surface area (Å²) in [6.45, 7) is 3.14. The monoisotopic (exact) mass is 300 g/mol. The molecular formula is C17H16O5. The topological polar surface area (TPSA) is 73.6 Å². The highest BCUT2D eigenvalue weighted by molar-refractivity contribution is 5.99. The van der Waals surface area contributed by atoms with Crippen LogP contribution in [0.3, 0.4) is 0 Å². The molecule has 22 heavy (non-hydrogen) atoms. The average Bonchev–Trinajstić information content (AvgIpc) is 2.87. The Balaban J connectivity index is 2.14. The summed E-state index contributed by atoms with van der Waals surface area (Å²) in [6, 6.07) is 7.80. The van der Waals surface area contributed by atoms with Crippen molar-refractivity contribution < 1.29 is 23.5 Å². The minimum atomic E-state index is -0.452. The van der Waals surface area contributed by atoms with E-state index in [0.29, 0.717) is 28.2 Å². The fourth-order valence-corrected chi connectivity index (χ4v) is 2.15. The van der Waals surface area contributed by atoms with Crippen LogP contribution in [0.5, 0.6) is 0 Å². The lowest BCUT2D eigenvalue weighted by Crippen LogP contribution is -2.05. The van der Waals surface area contributed by atoms with Gasteiger partial charge in [0.1, 0.15) is 11.5 Å². The number of methoxy groups -OCH3 is 1. The molecule has 0 fully saturated rings. The fraction of sp³-hybridized carbons (Fsp3) is 0.235. The van der Waals surface area contributed by atoms with Crippen LogP contribution in [0.15, 0.2) is 34.7 Å². The van der Waals surface area contributed by atoms with Gasteiger partial charge in [-0.3, -0.25) is 9.59 Å². The van der Waals surface area contributed by atoms with E-state index in [-0.39, 0.29) is 18.0 Å². The van der Waals surface area contributed by atoms with Gasteiger partial charge in [0.2, 0.25) is 0 Å². The quantitative estimate of drug-likeness (QED) is 0.627. The van der Waals surface area contributed by atoms with E-state index in [1.807, 2.05) is 0 Å². The Morgan fingerprint density at radius 3 is 2.18 bits per heavy atom. The van der Waals surface area contributed by atoms with Gasteiger partial charge in [0.15, 0.2) is 11.6 Å². The van der Waals surface area contributed by atoms with Crippen molar-refractivity contribution in [1.29, 1.82) is 0 Å². The van der Waals surface area contributed by atoms with Crippen LogP contribution < -0.4 is 0 Å². The molecule has 2 rings (SSSR count). The number of ketones is 2. The largest absolute Gasteiger partial charge is 0.465 e. The van der Waals surface area contributed by atoms with Gasteiger partial charge in [0.25, 0.3) is 0 Å². The molecule has 1 aromatic heterocycles. The number of ether oxygens (including phenoxy) is 1. The van der Waals surface area contributed by atoms with Crippen LogP contribution in [0.4, 0.5) is 0 Å². The molecular weight excluding hydrogens is 284 g/mol. The average molecular weight is 300 g/mol. The van der Waals surface area contributed by atoms with Gasteiger partial charge < -0.3 is 9.15 Å². The van der Waals surface area contributed by atoms with Gasteiger partial charge in [-0.2, -0.15) is 0 Å². The van der Waals surface area contributed by atoms with Crippen LogP contribution in [0.2, 0.25) is 0 Å². The predicted molar refractivity (Wildman–Crippen MR) is 79.3 cm³/mol. The Labute approximate surface area is 127 Å². The van der Waals surface area contributed by atoms with Gasteiger partial charge in [-0.05, 0) is 32.0 Å². The van der Waals surface area contributed by atoms with E-state index in [1.165, 1.54) is 26.2 Å². The van der Waals surface area contributed by atoms with Gasteiger partial charge in [-0.15, -0.1) is 0 Å². The number of carbonyl (C=O) groups excluding carboxylic acids is 3. The molecule has 0 saturated carbocycles. The molecule has 0 unspecified atom stereocenters. The lowest BCUT2D eigenvalue weighted by molar-refractivity contribution is 0.0600. The summed E-state index contributed by atoms with van der Waals surface area (Å²) >= 11 is 0. The van der Waals surface area contributed by atoms with E-state index in [9.17, 15) is 14.4 Å². The Kier molecular flexibility index (Phi) is 4.56. The molecule has 0 amide bonds. The SMILES string of the molecule is COC(=O)c1ccc(C(=O)Cc2cc(C(C)=O)c(C)o2)cc1. The molecule has 0 aliphatic carbocycles. The standard InChI is InChI=1S/C17H16O5/c1-10(18)15-8-14(22-11(15)2)9-16(19)12-4-6-13(7-5-12)17(20)21-3/h4-8H,9H2,1-3H3. The fourth-order valence-electron chi connectivity index (χ4n) is 2.15. The van der Waals surface area contributed by atoms with Crippen LogP contribution in [-0.4, -0.2) is 24.6 Å². The molecule has 1 heterocycles. The van der Waals surface area contributed by atoms with Crippen molar-refractivity contribution in [3.8, 4) is 0 Å². The minimum Gasteiger partial charge on any atom is -0.465 e. The number of carbonyl (C=O) groups is 3. The van der Waals surface area contributed by atoms with E-state index < -0.39 is 5.97 Å². The Morgan fingerprint density at radius 2 is 1.68 bits per heavy atom. The summed E-state index contributed by atoms with van der Waals surface area (Å²) in [5, 5.41) is 0. The zero-order valence-electron chi connectivity index (χ0n) is 12.6. The number of benzene rings is 1. The van der Waals surface area contributed by atoms with E-state index in [1.54, 1.807) is 25.1 Å². The second-order valence-electron chi connectivity index (χ2n) is 4.91. The third-order valence-corrected chi connectivity index (χ3v) is 3.31. The molecule has 0 spiro atoms. The first-order valence-electron chi connectivity index (χ1n) is 6.74. The smallest absolute Gasteiger partial charge is 0.337 e. The second kappa shape index (κ2) is 6.39. The number of rotatable bonds is 5. The molecule has 0 N–H and O–H groups in total. The van der Waals surface area contributed by atoms with Crippen LogP contribution >= 0.6 is 0 Å². The summed E-state index contributed by atoms with van der Waals surface area (Å²) in [6.07, 6.45) is 0.0612. The van der Waals surface area contributed by atoms with Crippen molar-refractivity contribution in [3.63, 3.8) is 0 Å². The lowest BCUT2D eigenvalue weighted by Gasteiger charge is -2.01. The van der Waals surface area contributed by atoms with Gasteiger partial charge >= 0.3 is 5.97 Å². The molecule has 0 bridgehead atoms. The molecule has 2 aromatic rings.